The molecule has 8 heteroatoms. The summed E-state index contributed by atoms with van der Waals surface area (Å²) in [7, 11) is 0. The monoisotopic (exact) mass is 355 g/mol. The van der Waals surface area contributed by atoms with Crippen molar-refractivity contribution in [1.82, 2.24) is 20.0 Å². The lowest BCUT2D eigenvalue weighted by Crippen LogP contribution is -2.24. The number of carbonyl (C=O) groups is 1. The fourth-order valence-electron chi connectivity index (χ4n) is 2.49. The van der Waals surface area contributed by atoms with Gasteiger partial charge < -0.3 is 14.8 Å². The summed E-state index contributed by atoms with van der Waals surface area (Å²) in [5.41, 5.74) is 1.01. The van der Waals surface area contributed by atoms with Gasteiger partial charge in [-0.2, -0.15) is 0 Å². The van der Waals surface area contributed by atoms with Crippen molar-refractivity contribution in [2.24, 2.45) is 0 Å². The number of anilines is 1. The average Bonchev–Trinajstić information content (AvgIpc) is 3.11. The Hall–Kier alpha value is -2.84. The first-order chi connectivity index (χ1) is 12.7. The van der Waals surface area contributed by atoms with Crippen molar-refractivity contribution in [1.29, 1.82) is 0 Å². The molecule has 2 aromatic heterocycles. The second kappa shape index (κ2) is 8.50. The minimum Gasteiger partial charge on any atom is -0.351 e. The maximum atomic E-state index is 12.4. The summed E-state index contributed by atoms with van der Waals surface area (Å²) in [6.07, 6.45) is 1.13. The number of nitrogens with zero attached hydrogens (tertiary/aromatic N) is 4. The first-order valence-corrected chi connectivity index (χ1v) is 8.50. The molecule has 0 fully saturated rings. The van der Waals surface area contributed by atoms with Crippen LogP contribution in [0, 0.1) is 0 Å². The zero-order chi connectivity index (χ0) is 18.4. The zero-order valence-electron chi connectivity index (χ0n) is 14.8. The van der Waals surface area contributed by atoms with Gasteiger partial charge in [0.2, 0.25) is 0 Å². The van der Waals surface area contributed by atoms with Gasteiger partial charge in [-0.3, -0.25) is 4.79 Å². The van der Waals surface area contributed by atoms with Gasteiger partial charge in [0.1, 0.15) is 5.82 Å². The molecule has 136 valence electrons. The molecule has 1 amide bonds. The summed E-state index contributed by atoms with van der Waals surface area (Å²) in [4.78, 5) is 16.8. The summed E-state index contributed by atoms with van der Waals surface area (Å²) in [6, 6.07) is 11.4. The van der Waals surface area contributed by atoms with Crippen molar-refractivity contribution >= 4 is 22.6 Å². The zero-order valence-corrected chi connectivity index (χ0v) is 14.8. The third-order valence-corrected chi connectivity index (χ3v) is 3.65. The first-order valence-electron chi connectivity index (χ1n) is 8.50. The number of fused-ring (bicyclic) bond motifs is 1. The molecule has 2 heterocycles. The van der Waals surface area contributed by atoms with Crippen LogP contribution in [-0.2, 0) is 16.0 Å². The van der Waals surface area contributed by atoms with Crippen LogP contribution in [0.5, 0.6) is 0 Å². The van der Waals surface area contributed by atoms with Gasteiger partial charge in [-0.05, 0) is 32.0 Å². The normalized spacial score (nSPS) is 11.2. The maximum absolute atomic E-state index is 12.4. The molecule has 0 spiro atoms. The molecule has 0 saturated carbocycles. The highest BCUT2D eigenvalue weighted by Gasteiger charge is 2.15. The van der Waals surface area contributed by atoms with E-state index in [1.165, 1.54) is 4.68 Å². The molecule has 0 radical (unpaired) electrons. The molecule has 1 aromatic carbocycles. The number of hydrogen-bond donors (Lipinski definition) is 1. The SMILES string of the molecule is CCOC(Cn1cc(C(=O)Nc2ccc3ccccc3n2)nn1)OCC. The van der Waals surface area contributed by atoms with Crippen LogP contribution in [0.2, 0.25) is 0 Å². The Morgan fingerprint density at radius 3 is 2.69 bits per heavy atom. The molecule has 0 aliphatic rings. The smallest absolute Gasteiger partial charge is 0.278 e. The van der Waals surface area contributed by atoms with Crippen LogP contribution in [-0.4, -0.2) is 45.4 Å². The molecule has 0 aliphatic heterocycles. The molecular weight excluding hydrogens is 334 g/mol. The first kappa shape index (κ1) is 18.0. The average molecular weight is 355 g/mol. The number of para-hydroxylation sites is 1. The van der Waals surface area contributed by atoms with Crippen molar-refractivity contribution in [2.75, 3.05) is 18.5 Å². The van der Waals surface area contributed by atoms with Crippen molar-refractivity contribution < 1.29 is 14.3 Å². The summed E-state index contributed by atoms with van der Waals surface area (Å²) in [5, 5.41) is 11.6. The molecule has 0 bridgehead atoms. The number of hydrogen-bond acceptors (Lipinski definition) is 6. The van der Waals surface area contributed by atoms with Gasteiger partial charge in [0.25, 0.3) is 5.91 Å². The largest absolute Gasteiger partial charge is 0.351 e. The Morgan fingerprint density at radius 1 is 1.15 bits per heavy atom. The molecule has 0 saturated heterocycles. The minimum absolute atomic E-state index is 0.201. The highest BCUT2D eigenvalue weighted by Crippen LogP contribution is 2.15. The van der Waals surface area contributed by atoms with E-state index in [4.69, 9.17) is 9.47 Å². The van der Waals surface area contributed by atoms with Gasteiger partial charge in [0.05, 0.1) is 18.3 Å². The van der Waals surface area contributed by atoms with Gasteiger partial charge in [0, 0.05) is 18.6 Å². The van der Waals surface area contributed by atoms with Crippen LogP contribution < -0.4 is 5.32 Å². The molecule has 1 N–H and O–H groups in total. The number of benzene rings is 1. The molecular formula is C18H21N5O3. The molecule has 3 aromatic rings. The van der Waals surface area contributed by atoms with Gasteiger partial charge in [-0.15, -0.1) is 5.10 Å². The lowest BCUT2D eigenvalue weighted by atomic mass is 10.2. The number of nitrogens with one attached hydrogen (secondary N) is 1. The molecule has 8 nitrogen and oxygen atoms in total. The Kier molecular flexibility index (Phi) is 5.88. The summed E-state index contributed by atoms with van der Waals surface area (Å²) in [6.45, 7) is 5.20. The fourth-order valence-corrected chi connectivity index (χ4v) is 2.49. The lowest BCUT2D eigenvalue weighted by Gasteiger charge is -2.16. The predicted molar refractivity (Wildman–Crippen MR) is 96.8 cm³/mol. The second-order valence-electron chi connectivity index (χ2n) is 5.51. The van der Waals surface area contributed by atoms with E-state index >= 15 is 0 Å². The molecule has 0 aliphatic carbocycles. The third kappa shape index (κ3) is 4.41. The third-order valence-electron chi connectivity index (χ3n) is 3.65. The predicted octanol–water partition coefficient (Wildman–Crippen LogP) is 2.48. The van der Waals surface area contributed by atoms with Gasteiger partial charge in [-0.25, -0.2) is 9.67 Å². The summed E-state index contributed by atoms with van der Waals surface area (Å²) in [5.74, 6) is 0.0909. The summed E-state index contributed by atoms with van der Waals surface area (Å²) >= 11 is 0. The highest BCUT2D eigenvalue weighted by atomic mass is 16.7. The van der Waals surface area contributed by atoms with Crippen LogP contribution >= 0.6 is 0 Å². The number of aromatic nitrogens is 4. The van der Waals surface area contributed by atoms with E-state index in [0.717, 1.165) is 10.9 Å². The number of carbonyl (C=O) groups excluding carboxylic acids is 1. The molecule has 0 unspecified atom stereocenters. The van der Waals surface area contributed by atoms with E-state index in [1.54, 1.807) is 12.3 Å². The Morgan fingerprint density at radius 2 is 1.92 bits per heavy atom. The van der Waals surface area contributed by atoms with Crippen LogP contribution in [0.4, 0.5) is 5.82 Å². The highest BCUT2D eigenvalue weighted by molar-refractivity contribution is 6.02. The van der Waals surface area contributed by atoms with Crippen LogP contribution in [0.1, 0.15) is 24.3 Å². The topological polar surface area (TPSA) is 91.2 Å². The molecule has 26 heavy (non-hydrogen) atoms. The number of amides is 1. The number of pyridine rings is 1. The van der Waals surface area contributed by atoms with Crippen molar-refractivity contribution in [3.8, 4) is 0 Å². The van der Waals surface area contributed by atoms with Crippen LogP contribution in [0.15, 0.2) is 42.6 Å². The van der Waals surface area contributed by atoms with Crippen molar-refractivity contribution in [2.45, 2.75) is 26.7 Å². The van der Waals surface area contributed by atoms with E-state index < -0.39 is 6.29 Å². The molecule has 3 rings (SSSR count). The van der Waals surface area contributed by atoms with Gasteiger partial charge >= 0.3 is 0 Å². The Balaban J connectivity index is 1.67. The van der Waals surface area contributed by atoms with Crippen molar-refractivity contribution in [3.63, 3.8) is 0 Å². The molecule has 0 atom stereocenters. The Bertz CT molecular complexity index is 874. The minimum atomic E-state index is -0.426. The van der Waals surface area contributed by atoms with E-state index in [-0.39, 0.29) is 11.6 Å². The fraction of sp³-hybridized carbons (Fsp3) is 0.333. The van der Waals surface area contributed by atoms with E-state index in [1.807, 2.05) is 44.2 Å². The van der Waals surface area contributed by atoms with Crippen LogP contribution in [0.25, 0.3) is 10.9 Å². The second-order valence-corrected chi connectivity index (χ2v) is 5.51. The van der Waals surface area contributed by atoms with Gasteiger partial charge in [0.15, 0.2) is 12.0 Å². The maximum Gasteiger partial charge on any atom is 0.278 e. The van der Waals surface area contributed by atoms with E-state index in [2.05, 4.69) is 20.6 Å². The number of rotatable bonds is 8. The number of ether oxygens (including phenoxy) is 2. The van der Waals surface area contributed by atoms with Crippen molar-refractivity contribution in [3.05, 3.63) is 48.3 Å². The van der Waals surface area contributed by atoms with E-state index in [9.17, 15) is 4.79 Å². The van der Waals surface area contributed by atoms with Crippen LogP contribution in [0.3, 0.4) is 0 Å². The summed E-state index contributed by atoms with van der Waals surface area (Å²) < 4.78 is 12.5. The Labute approximate surface area is 151 Å². The van der Waals surface area contributed by atoms with Gasteiger partial charge in [-0.1, -0.05) is 23.4 Å². The quantitative estimate of drug-likeness (QED) is 0.624. The lowest BCUT2D eigenvalue weighted by molar-refractivity contribution is -0.145. The van der Waals surface area contributed by atoms with E-state index in [0.29, 0.717) is 25.6 Å². The standard InChI is InChI=1S/C18H21N5O3/c1-3-25-17(26-4-2)12-23-11-15(21-22-23)18(24)20-16-10-9-13-7-5-6-8-14(13)19-16/h5-11,17H,3-4,12H2,1-2H3,(H,19,20,24).